The van der Waals surface area contributed by atoms with Crippen LogP contribution in [0.3, 0.4) is 0 Å². The summed E-state index contributed by atoms with van der Waals surface area (Å²) >= 11 is 0. The average molecular weight is 236 g/mol. The molecule has 6 nitrogen and oxygen atoms in total. The molecule has 0 radical (unpaired) electrons. The Hall–Kier alpha value is -1.85. The van der Waals surface area contributed by atoms with E-state index in [0.717, 1.165) is 5.56 Å². The van der Waals surface area contributed by atoms with Crippen LogP contribution in [0.25, 0.3) is 0 Å². The van der Waals surface area contributed by atoms with Crippen LogP contribution in [0.2, 0.25) is 0 Å². The third kappa shape index (κ3) is 2.02. The molecule has 1 aromatic rings. The number of nitrogens with zero attached hydrogens (tertiary/aromatic N) is 3. The van der Waals surface area contributed by atoms with Gasteiger partial charge in [0.15, 0.2) is 0 Å². The lowest BCUT2D eigenvalue weighted by Crippen LogP contribution is -2.44. The Balaban J connectivity index is 2.36. The van der Waals surface area contributed by atoms with Gasteiger partial charge in [-0.3, -0.25) is 14.3 Å². The number of primary amides is 1. The van der Waals surface area contributed by atoms with Gasteiger partial charge in [0.05, 0.1) is 18.2 Å². The molecule has 0 aliphatic carbocycles. The zero-order valence-electron chi connectivity index (χ0n) is 9.96. The summed E-state index contributed by atoms with van der Waals surface area (Å²) in [6.07, 6.45) is 4.38. The maximum absolute atomic E-state index is 11.7. The van der Waals surface area contributed by atoms with E-state index >= 15 is 0 Å². The lowest BCUT2D eigenvalue weighted by molar-refractivity contribution is -0.140. The molecule has 0 bridgehead atoms. The second-order valence-electron chi connectivity index (χ2n) is 4.44. The number of hydrogen-bond acceptors (Lipinski definition) is 3. The van der Waals surface area contributed by atoms with Gasteiger partial charge >= 0.3 is 0 Å². The Kier molecular flexibility index (Phi) is 2.87. The molecule has 6 heteroatoms. The molecule has 17 heavy (non-hydrogen) atoms. The highest BCUT2D eigenvalue weighted by Crippen LogP contribution is 2.35. The Bertz CT molecular complexity index is 454. The SMILES string of the molecule is CN1C(=O)CC[C@H](C(N)=O)[C@H]1c1cnn(C)c1. The van der Waals surface area contributed by atoms with Gasteiger partial charge in [0.25, 0.3) is 0 Å². The monoisotopic (exact) mass is 236 g/mol. The number of rotatable bonds is 2. The number of amides is 2. The number of piperidine rings is 1. The van der Waals surface area contributed by atoms with E-state index in [0.29, 0.717) is 12.8 Å². The van der Waals surface area contributed by atoms with Crippen LogP contribution in [0.1, 0.15) is 24.4 Å². The standard InChI is InChI=1S/C11H16N4O2/c1-14-6-7(5-13-14)10-8(11(12)17)3-4-9(16)15(10)2/h5-6,8,10H,3-4H2,1-2H3,(H2,12,17)/t8-,10+/m0/s1. The number of aromatic nitrogens is 2. The number of carbonyl (C=O) groups is 2. The summed E-state index contributed by atoms with van der Waals surface area (Å²) in [5.74, 6) is -0.656. The summed E-state index contributed by atoms with van der Waals surface area (Å²) in [4.78, 5) is 24.7. The van der Waals surface area contributed by atoms with Crippen molar-refractivity contribution in [3.05, 3.63) is 18.0 Å². The minimum Gasteiger partial charge on any atom is -0.369 e. The topological polar surface area (TPSA) is 81.2 Å². The lowest BCUT2D eigenvalue weighted by atomic mass is 9.85. The van der Waals surface area contributed by atoms with Gasteiger partial charge in [-0.1, -0.05) is 0 Å². The molecule has 1 saturated heterocycles. The molecule has 92 valence electrons. The van der Waals surface area contributed by atoms with E-state index in [1.807, 2.05) is 6.20 Å². The molecular weight excluding hydrogens is 220 g/mol. The third-order valence-corrected chi connectivity index (χ3v) is 3.29. The Morgan fingerprint density at radius 1 is 1.53 bits per heavy atom. The highest BCUT2D eigenvalue weighted by atomic mass is 16.2. The quantitative estimate of drug-likeness (QED) is 0.773. The molecule has 0 spiro atoms. The molecule has 0 saturated carbocycles. The number of likely N-dealkylation sites (tertiary alicyclic amines) is 1. The van der Waals surface area contributed by atoms with Crippen molar-refractivity contribution in [2.45, 2.75) is 18.9 Å². The Morgan fingerprint density at radius 2 is 2.24 bits per heavy atom. The predicted molar refractivity (Wildman–Crippen MR) is 60.6 cm³/mol. The fraction of sp³-hybridized carbons (Fsp3) is 0.545. The Labute approximate surface area is 99.4 Å². The van der Waals surface area contributed by atoms with E-state index in [1.54, 1.807) is 29.9 Å². The van der Waals surface area contributed by atoms with Gasteiger partial charge in [0.2, 0.25) is 11.8 Å². The number of hydrogen-bond donors (Lipinski definition) is 1. The molecule has 1 aromatic heterocycles. The minimum atomic E-state index is -0.363. The maximum atomic E-state index is 11.7. The van der Waals surface area contributed by atoms with Crippen LogP contribution in [0.5, 0.6) is 0 Å². The van der Waals surface area contributed by atoms with Gasteiger partial charge in [-0.25, -0.2) is 0 Å². The highest BCUT2D eigenvalue weighted by molar-refractivity contribution is 5.83. The van der Waals surface area contributed by atoms with Gasteiger partial charge < -0.3 is 10.6 Å². The van der Waals surface area contributed by atoms with Crippen molar-refractivity contribution in [2.75, 3.05) is 7.05 Å². The number of nitrogens with two attached hydrogens (primary N) is 1. The molecule has 1 aliphatic heterocycles. The summed E-state index contributed by atoms with van der Waals surface area (Å²) < 4.78 is 1.65. The first-order valence-electron chi connectivity index (χ1n) is 5.54. The van der Waals surface area contributed by atoms with E-state index in [4.69, 9.17) is 5.73 Å². The molecule has 0 aromatic carbocycles. The van der Waals surface area contributed by atoms with Crippen LogP contribution in [0.15, 0.2) is 12.4 Å². The second-order valence-corrected chi connectivity index (χ2v) is 4.44. The zero-order valence-corrected chi connectivity index (χ0v) is 9.96. The average Bonchev–Trinajstić information content (AvgIpc) is 2.68. The highest BCUT2D eigenvalue weighted by Gasteiger charge is 2.38. The minimum absolute atomic E-state index is 0.0383. The summed E-state index contributed by atoms with van der Waals surface area (Å²) in [5.41, 5.74) is 6.26. The molecule has 2 atom stereocenters. The number of carbonyl (C=O) groups excluding carboxylic acids is 2. The van der Waals surface area contributed by atoms with Gasteiger partial charge in [-0.05, 0) is 6.42 Å². The van der Waals surface area contributed by atoms with E-state index in [1.165, 1.54) is 0 Å². The van der Waals surface area contributed by atoms with Crippen molar-refractivity contribution in [1.82, 2.24) is 14.7 Å². The van der Waals surface area contributed by atoms with Gasteiger partial charge in [0.1, 0.15) is 0 Å². The van der Waals surface area contributed by atoms with Crippen molar-refractivity contribution in [3.63, 3.8) is 0 Å². The van der Waals surface area contributed by atoms with E-state index < -0.39 is 0 Å². The molecular formula is C11H16N4O2. The van der Waals surface area contributed by atoms with Crippen LogP contribution in [-0.4, -0.2) is 33.5 Å². The van der Waals surface area contributed by atoms with Crippen LogP contribution >= 0.6 is 0 Å². The molecule has 2 rings (SSSR count). The normalized spacial score (nSPS) is 25.1. The van der Waals surface area contributed by atoms with E-state index in [-0.39, 0.29) is 23.8 Å². The molecule has 1 aliphatic rings. The van der Waals surface area contributed by atoms with Crippen molar-refractivity contribution in [1.29, 1.82) is 0 Å². The van der Waals surface area contributed by atoms with Gasteiger partial charge in [0, 0.05) is 32.3 Å². The van der Waals surface area contributed by atoms with Crippen molar-refractivity contribution in [3.8, 4) is 0 Å². The summed E-state index contributed by atoms with van der Waals surface area (Å²) in [6, 6.07) is -0.289. The maximum Gasteiger partial charge on any atom is 0.222 e. The molecule has 2 heterocycles. The Morgan fingerprint density at radius 3 is 2.76 bits per heavy atom. The van der Waals surface area contributed by atoms with E-state index in [2.05, 4.69) is 5.10 Å². The van der Waals surface area contributed by atoms with Crippen LogP contribution in [-0.2, 0) is 16.6 Å². The first kappa shape index (κ1) is 11.6. The first-order chi connectivity index (χ1) is 8.00. The molecule has 1 fully saturated rings. The van der Waals surface area contributed by atoms with Crippen molar-refractivity contribution in [2.24, 2.45) is 18.7 Å². The molecule has 2 N–H and O–H groups in total. The summed E-state index contributed by atoms with van der Waals surface area (Å²) in [6.45, 7) is 0. The second kappa shape index (κ2) is 4.20. The third-order valence-electron chi connectivity index (χ3n) is 3.29. The molecule has 0 unspecified atom stereocenters. The first-order valence-corrected chi connectivity index (χ1v) is 5.54. The smallest absolute Gasteiger partial charge is 0.222 e. The van der Waals surface area contributed by atoms with Gasteiger partial charge in [-0.2, -0.15) is 5.10 Å². The zero-order chi connectivity index (χ0) is 12.6. The van der Waals surface area contributed by atoms with Crippen LogP contribution < -0.4 is 5.73 Å². The summed E-state index contributed by atoms with van der Waals surface area (Å²) in [5, 5.41) is 4.07. The van der Waals surface area contributed by atoms with E-state index in [9.17, 15) is 9.59 Å². The fourth-order valence-electron chi connectivity index (χ4n) is 2.38. The van der Waals surface area contributed by atoms with Crippen molar-refractivity contribution < 1.29 is 9.59 Å². The largest absolute Gasteiger partial charge is 0.369 e. The fourth-order valence-corrected chi connectivity index (χ4v) is 2.38. The van der Waals surface area contributed by atoms with Gasteiger partial charge in [-0.15, -0.1) is 0 Å². The van der Waals surface area contributed by atoms with Crippen LogP contribution in [0.4, 0.5) is 0 Å². The summed E-state index contributed by atoms with van der Waals surface area (Å²) in [7, 11) is 3.50. The van der Waals surface area contributed by atoms with Crippen molar-refractivity contribution >= 4 is 11.8 Å². The lowest BCUT2D eigenvalue weighted by Gasteiger charge is -2.36. The predicted octanol–water partition coefficient (Wildman–Crippen LogP) is -0.185. The van der Waals surface area contributed by atoms with Crippen LogP contribution in [0, 0.1) is 5.92 Å². The number of aryl methyl sites for hydroxylation is 1. The molecule has 2 amide bonds.